The lowest BCUT2D eigenvalue weighted by atomic mass is 10.1. The van der Waals surface area contributed by atoms with Crippen molar-refractivity contribution in [1.82, 2.24) is 4.90 Å². The Morgan fingerprint density at radius 1 is 1.44 bits per heavy atom. The molecule has 0 amide bonds. The van der Waals surface area contributed by atoms with Crippen LogP contribution in [0.2, 0.25) is 0 Å². The molecule has 2 nitrogen and oxygen atoms in total. The number of halogens is 3. The molecule has 0 heterocycles. The van der Waals surface area contributed by atoms with E-state index in [-0.39, 0.29) is 12.6 Å². The Bertz CT molecular complexity index is 253. The number of alkyl halides is 3. The molecule has 1 aliphatic carbocycles. The highest BCUT2D eigenvalue weighted by Crippen LogP contribution is 2.32. The van der Waals surface area contributed by atoms with E-state index >= 15 is 0 Å². The van der Waals surface area contributed by atoms with Gasteiger partial charge in [-0.25, -0.2) is 0 Å². The first-order chi connectivity index (χ1) is 7.49. The van der Waals surface area contributed by atoms with E-state index in [9.17, 15) is 13.2 Å². The number of hydrogen-bond donors (Lipinski definition) is 0. The first-order valence-electron chi connectivity index (χ1n) is 5.69. The van der Waals surface area contributed by atoms with Crippen LogP contribution < -0.4 is 0 Å². The highest BCUT2D eigenvalue weighted by atomic mass is 19.4. The highest BCUT2D eigenvalue weighted by Gasteiger charge is 2.42. The molecule has 92 valence electrons. The van der Waals surface area contributed by atoms with Crippen LogP contribution in [0.5, 0.6) is 0 Å². The van der Waals surface area contributed by atoms with E-state index in [4.69, 9.17) is 5.26 Å². The normalized spacial score (nSPS) is 18.5. The van der Waals surface area contributed by atoms with Crippen molar-refractivity contribution in [3.8, 4) is 6.07 Å². The average Bonchev–Trinajstić information content (AvgIpc) is 3.00. The Morgan fingerprint density at radius 2 is 2.06 bits per heavy atom. The number of rotatable bonds is 6. The van der Waals surface area contributed by atoms with Crippen molar-refractivity contribution in [1.29, 1.82) is 5.26 Å². The van der Waals surface area contributed by atoms with E-state index in [2.05, 4.69) is 0 Å². The largest absolute Gasteiger partial charge is 0.405 e. The molecule has 0 saturated heterocycles. The summed E-state index contributed by atoms with van der Waals surface area (Å²) in [5.74, 6) is -1.84. The smallest absolute Gasteiger partial charge is 0.299 e. The van der Waals surface area contributed by atoms with Crippen molar-refractivity contribution in [2.75, 3.05) is 13.1 Å². The number of nitriles is 1. The fraction of sp³-hybridized carbons (Fsp3) is 0.909. The van der Waals surface area contributed by atoms with Gasteiger partial charge >= 0.3 is 6.18 Å². The van der Waals surface area contributed by atoms with Crippen LogP contribution in [0.3, 0.4) is 0 Å². The summed E-state index contributed by atoms with van der Waals surface area (Å²) < 4.78 is 37.3. The minimum Gasteiger partial charge on any atom is -0.299 e. The van der Waals surface area contributed by atoms with Gasteiger partial charge in [0.05, 0.1) is 6.07 Å². The first-order valence-corrected chi connectivity index (χ1v) is 5.69. The number of unbranched alkanes of at least 4 members (excludes halogenated alkanes) is 1. The van der Waals surface area contributed by atoms with Gasteiger partial charge in [0.2, 0.25) is 0 Å². The zero-order valence-electron chi connectivity index (χ0n) is 9.43. The second-order valence-electron chi connectivity index (χ2n) is 4.30. The SMILES string of the molecule is CCCCN(CC(C#N)C(F)(F)F)C1CC1. The molecule has 5 heteroatoms. The number of nitrogens with zero attached hydrogens (tertiary/aromatic N) is 2. The molecule has 0 bridgehead atoms. The van der Waals surface area contributed by atoms with E-state index in [0.717, 1.165) is 25.7 Å². The van der Waals surface area contributed by atoms with Crippen molar-refractivity contribution >= 4 is 0 Å². The lowest BCUT2D eigenvalue weighted by molar-refractivity contribution is -0.163. The van der Waals surface area contributed by atoms with Gasteiger partial charge in [-0.15, -0.1) is 0 Å². The third kappa shape index (κ3) is 4.01. The summed E-state index contributed by atoms with van der Waals surface area (Å²) in [7, 11) is 0. The van der Waals surface area contributed by atoms with E-state index in [1.807, 2.05) is 11.8 Å². The van der Waals surface area contributed by atoms with Crippen LogP contribution in [0.1, 0.15) is 32.6 Å². The van der Waals surface area contributed by atoms with E-state index < -0.39 is 12.1 Å². The molecule has 1 unspecified atom stereocenters. The fourth-order valence-electron chi connectivity index (χ4n) is 1.68. The van der Waals surface area contributed by atoms with Gasteiger partial charge in [0, 0.05) is 12.6 Å². The molecule has 0 aliphatic heterocycles. The maximum atomic E-state index is 12.4. The van der Waals surface area contributed by atoms with Gasteiger partial charge in [0.1, 0.15) is 0 Å². The fourth-order valence-corrected chi connectivity index (χ4v) is 1.68. The van der Waals surface area contributed by atoms with Crippen LogP contribution in [0.25, 0.3) is 0 Å². The van der Waals surface area contributed by atoms with Crippen LogP contribution in [-0.4, -0.2) is 30.2 Å². The van der Waals surface area contributed by atoms with Gasteiger partial charge in [-0.2, -0.15) is 18.4 Å². The third-order valence-electron chi connectivity index (χ3n) is 2.83. The quantitative estimate of drug-likeness (QED) is 0.706. The highest BCUT2D eigenvalue weighted by molar-refractivity contribution is 4.94. The van der Waals surface area contributed by atoms with Gasteiger partial charge in [-0.3, -0.25) is 4.90 Å². The van der Waals surface area contributed by atoms with Crippen LogP contribution in [0.15, 0.2) is 0 Å². The molecule has 0 spiro atoms. The predicted molar refractivity (Wildman–Crippen MR) is 54.7 cm³/mol. The predicted octanol–water partition coefficient (Wildman–Crippen LogP) is 2.95. The molecule has 0 aromatic carbocycles. The van der Waals surface area contributed by atoms with E-state index in [1.165, 1.54) is 6.07 Å². The lowest BCUT2D eigenvalue weighted by Crippen LogP contribution is -2.37. The van der Waals surface area contributed by atoms with Crippen molar-refractivity contribution in [2.24, 2.45) is 5.92 Å². The summed E-state index contributed by atoms with van der Waals surface area (Å²) in [4.78, 5) is 1.82. The minimum absolute atomic E-state index is 0.162. The second kappa shape index (κ2) is 5.53. The molecule has 0 aromatic heterocycles. The standard InChI is InChI=1S/C11H17F3N2/c1-2-3-6-16(10-4-5-10)8-9(7-15)11(12,13)14/h9-10H,2-6,8H2,1H3. The van der Waals surface area contributed by atoms with Crippen molar-refractivity contribution in [2.45, 2.75) is 44.8 Å². The minimum atomic E-state index is -4.39. The summed E-state index contributed by atoms with van der Waals surface area (Å²) >= 11 is 0. The Morgan fingerprint density at radius 3 is 2.44 bits per heavy atom. The summed E-state index contributed by atoms with van der Waals surface area (Å²) in [6.45, 7) is 2.52. The van der Waals surface area contributed by atoms with Gasteiger partial charge in [-0.05, 0) is 25.8 Å². The van der Waals surface area contributed by atoms with Crippen molar-refractivity contribution in [3.63, 3.8) is 0 Å². The van der Waals surface area contributed by atoms with Crippen LogP contribution in [0, 0.1) is 17.2 Å². The lowest BCUT2D eigenvalue weighted by Gasteiger charge is -2.25. The third-order valence-corrected chi connectivity index (χ3v) is 2.83. The zero-order chi connectivity index (χ0) is 12.2. The summed E-state index contributed by atoms with van der Waals surface area (Å²) in [6, 6.07) is 1.65. The molecule has 1 atom stereocenters. The molecule has 1 rings (SSSR count). The number of hydrogen-bond acceptors (Lipinski definition) is 2. The van der Waals surface area contributed by atoms with Gasteiger partial charge in [0.25, 0.3) is 0 Å². The van der Waals surface area contributed by atoms with Crippen molar-refractivity contribution in [3.05, 3.63) is 0 Å². The van der Waals surface area contributed by atoms with E-state index in [0.29, 0.717) is 6.54 Å². The zero-order valence-corrected chi connectivity index (χ0v) is 9.43. The van der Waals surface area contributed by atoms with Crippen LogP contribution in [0.4, 0.5) is 13.2 Å². The van der Waals surface area contributed by atoms with Gasteiger partial charge in [-0.1, -0.05) is 13.3 Å². The van der Waals surface area contributed by atoms with Crippen LogP contribution in [-0.2, 0) is 0 Å². The molecule has 1 aliphatic rings. The molecular formula is C11H17F3N2. The Hall–Kier alpha value is -0.760. The maximum absolute atomic E-state index is 12.4. The molecule has 1 fully saturated rings. The topological polar surface area (TPSA) is 27.0 Å². The molecule has 0 radical (unpaired) electrons. The molecule has 16 heavy (non-hydrogen) atoms. The van der Waals surface area contributed by atoms with Crippen LogP contribution >= 0.6 is 0 Å². The summed E-state index contributed by atoms with van der Waals surface area (Å²) in [5, 5.41) is 8.54. The van der Waals surface area contributed by atoms with E-state index in [1.54, 1.807) is 0 Å². The monoisotopic (exact) mass is 234 g/mol. The van der Waals surface area contributed by atoms with Gasteiger partial charge < -0.3 is 0 Å². The molecule has 0 aromatic rings. The Balaban J connectivity index is 2.49. The van der Waals surface area contributed by atoms with Crippen molar-refractivity contribution < 1.29 is 13.2 Å². The van der Waals surface area contributed by atoms with Gasteiger partial charge in [0.15, 0.2) is 5.92 Å². The summed E-state index contributed by atoms with van der Waals surface area (Å²) in [6.07, 6.45) is -0.591. The molecule has 1 saturated carbocycles. The molecule has 0 N–H and O–H groups in total. The molecular weight excluding hydrogens is 217 g/mol. The Kier molecular flexibility index (Phi) is 4.60. The average molecular weight is 234 g/mol. The first kappa shape index (κ1) is 13.3. The summed E-state index contributed by atoms with van der Waals surface area (Å²) in [5.41, 5.74) is 0. The maximum Gasteiger partial charge on any atom is 0.405 e. The second-order valence-corrected chi connectivity index (χ2v) is 4.30. The Labute approximate surface area is 94.0 Å².